The number of hydrogen-bond donors (Lipinski definition) is 0. The van der Waals surface area contributed by atoms with E-state index in [0.29, 0.717) is 5.56 Å². The lowest BCUT2D eigenvalue weighted by Gasteiger charge is -2.05. The molecule has 2 aromatic carbocycles. The van der Waals surface area contributed by atoms with Crippen molar-refractivity contribution >= 4 is 5.78 Å². The maximum Gasteiger partial charge on any atom is 0.194 e. The van der Waals surface area contributed by atoms with Gasteiger partial charge >= 0.3 is 0 Å². The summed E-state index contributed by atoms with van der Waals surface area (Å²) in [5.74, 6) is 0.0574. The summed E-state index contributed by atoms with van der Waals surface area (Å²) in [5, 5.41) is 0. The molecular formula is C16H14O2. The molecule has 3 rings (SSSR count). The van der Waals surface area contributed by atoms with Crippen molar-refractivity contribution in [2.75, 3.05) is 0 Å². The first-order valence-electron chi connectivity index (χ1n) is 6.04. The molecule has 18 heavy (non-hydrogen) atoms. The molecule has 0 unspecified atom stereocenters. The van der Waals surface area contributed by atoms with Crippen LogP contribution in [0.4, 0.5) is 0 Å². The van der Waals surface area contributed by atoms with Crippen LogP contribution < -0.4 is 0 Å². The maximum absolute atomic E-state index is 12.3. The predicted molar refractivity (Wildman–Crippen MR) is 69.4 cm³/mol. The molecule has 1 fully saturated rings. The number of Topliss-reactive ketones (excluding diaryl/α,β-unsaturated/α-hetero) is 1. The van der Waals surface area contributed by atoms with Crippen LogP contribution in [0, 0.1) is 0 Å². The zero-order valence-corrected chi connectivity index (χ0v) is 10.2. The minimum absolute atomic E-state index is 0.0574. The Bertz CT molecular complexity index is 562. The van der Waals surface area contributed by atoms with Crippen LogP contribution >= 0.6 is 0 Å². The van der Waals surface area contributed by atoms with Gasteiger partial charge in [0.15, 0.2) is 11.9 Å². The Morgan fingerprint density at radius 3 is 2.17 bits per heavy atom. The van der Waals surface area contributed by atoms with Crippen LogP contribution in [0.15, 0.2) is 60.7 Å². The summed E-state index contributed by atoms with van der Waals surface area (Å²) >= 11 is 0. The number of carbonyl (C=O) groups excluding carboxylic acids is 1. The van der Waals surface area contributed by atoms with Gasteiger partial charge in [-0.1, -0.05) is 60.7 Å². The molecule has 0 N–H and O–H groups in total. The summed E-state index contributed by atoms with van der Waals surface area (Å²) in [6.45, 7) is 1.97. The standard InChI is InChI=1S/C16H14O2/c1-16(13-10-6-3-7-11-13)15(18-16)14(17)12-8-4-2-5-9-12/h2-11,15H,1H3/t15-,16-/m0/s1. The van der Waals surface area contributed by atoms with Gasteiger partial charge in [0.25, 0.3) is 0 Å². The second-order valence-electron chi connectivity index (χ2n) is 4.70. The Morgan fingerprint density at radius 1 is 1.00 bits per heavy atom. The van der Waals surface area contributed by atoms with Gasteiger partial charge in [0.05, 0.1) is 0 Å². The third kappa shape index (κ3) is 1.75. The average molecular weight is 238 g/mol. The van der Waals surface area contributed by atoms with Gasteiger partial charge < -0.3 is 4.74 Å². The lowest BCUT2D eigenvalue weighted by molar-refractivity contribution is 0.0953. The van der Waals surface area contributed by atoms with E-state index in [1.54, 1.807) is 0 Å². The van der Waals surface area contributed by atoms with Gasteiger partial charge in [-0.15, -0.1) is 0 Å². The van der Waals surface area contributed by atoms with Gasteiger partial charge in [-0.2, -0.15) is 0 Å². The van der Waals surface area contributed by atoms with E-state index >= 15 is 0 Å². The van der Waals surface area contributed by atoms with E-state index in [1.165, 1.54) is 0 Å². The van der Waals surface area contributed by atoms with E-state index in [0.717, 1.165) is 5.56 Å². The van der Waals surface area contributed by atoms with Crippen molar-refractivity contribution in [2.45, 2.75) is 18.6 Å². The molecule has 0 radical (unpaired) electrons. The summed E-state index contributed by atoms with van der Waals surface area (Å²) in [4.78, 5) is 12.3. The zero-order chi connectivity index (χ0) is 12.6. The van der Waals surface area contributed by atoms with Crippen molar-refractivity contribution in [3.63, 3.8) is 0 Å². The van der Waals surface area contributed by atoms with Gasteiger partial charge in [0, 0.05) is 5.56 Å². The smallest absolute Gasteiger partial charge is 0.194 e. The van der Waals surface area contributed by atoms with Crippen molar-refractivity contribution in [3.05, 3.63) is 71.8 Å². The maximum atomic E-state index is 12.3. The Balaban J connectivity index is 1.84. The second kappa shape index (κ2) is 4.07. The SMILES string of the molecule is C[C@@]1(c2ccccc2)O[C@H]1C(=O)c1ccccc1. The molecule has 0 saturated carbocycles. The predicted octanol–water partition coefficient (Wildman–Crippen LogP) is 3.18. The quantitative estimate of drug-likeness (QED) is 0.607. The fraction of sp³-hybridized carbons (Fsp3) is 0.188. The Labute approximate surface area is 106 Å². The number of ketones is 1. The molecule has 0 aliphatic carbocycles. The molecule has 2 heteroatoms. The summed E-state index contributed by atoms with van der Waals surface area (Å²) in [5.41, 5.74) is 1.30. The highest BCUT2D eigenvalue weighted by Crippen LogP contribution is 2.47. The third-order valence-electron chi connectivity index (χ3n) is 3.45. The van der Waals surface area contributed by atoms with E-state index in [9.17, 15) is 4.79 Å². The third-order valence-corrected chi connectivity index (χ3v) is 3.45. The molecule has 2 atom stereocenters. The van der Waals surface area contributed by atoms with Crippen molar-refractivity contribution in [2.24, 2.45) is 0 Å². The summed E-state index contributed by atoms with van der Waals surface area (Å²) in [6.07, 6.45) is -0.359. The first kappa shape index (κ1) is 11.2. The number of rotatable bonds is 3. The van der Waals surface area contributed by atoms with Gasteiger partial charge in [0.1, 0.15) is 5.60 Å². The van der Waals surface area contributed by atoms with E-state index in [-0.39, 0.29) is 11.9 Å². The Hall–Kier alpha value is -1.93. The highest BCUT2D eigenvalue weighted by Gasteiger charge is 2.57. The number of epoxide rings is 1. The molecule has 90 valence electrons. The fourth-order valence-electron chi connectivity index (χ4n) is 2.26. The molecule has 1 aliphatic rings. The second-order valence-corrected chi connectivity index (χ2v) is 4.70. The summed E-state index contributed by atoms with van der Waals surface area (Å²) in [7, 11) is 0. The number of benzene rings is 2. The molecule has 1 saturated heterocycles. The van der Waals surface area contributed by atoms with Gasteiger partial charge in [-0.3, -0.25) is 4.79 Å². The highest BCUT2D eigenvalue weighted by molar-refractivity contribution is 6.02. The number of ether oxygens (including phenoxy) is 1. The van der Waals surface area contributed by atoms with Gasteiger partial charge in [-0.25, -0.2) is 0 Å². The van der Waals surface area contributed by atoms with E-state index in [1.807, 2.05) is 67.6 Å². The minimum atomic E-state index is -0.464. The zero-order valence-electron chi connectivity index (χ0n) is 10.2. The highest BCUT2D eigenvalue weighted by atomic mass is 16.6. The molecular weight excluding hydrogens is 224 g/mol. The van der Waals surface area contributed by atoms with Crippen molar-refractivity contribution < 1.29 is 9.53 Å². The molecule has 0 amide bonds. The van der Waals surface area contributed by atoms with Crippen LogP contribution in [0.25, 0.3) is 0 Å². The topological polar surface area (TPSA) is 29.6 Å². The van der Waals surface area contributed by atoms with E-state index < -0.39 is 5.60 Å². The monoisotopic (exact) mass is 238 g/mol. The molecule has 1 aliphatic heterocycles. The normalized spacial score (nSPS) is 25.7. The van der Waals surface area contributed by atoms with Crippen LogP contribution in [0.2, 0.25) is 0 Å². The molecule has 1 heterocycles. The van der Waals surface area contributed by atoms with Crippen LogP contribution in [0.5, 0.6) is 0 Å². The van der Waals surface area contributed by atoms with Crippen molar-refractivity contribution in [3.8, 4) is 0 Å². The minimum Gasteiger partial charge on any atom is -0.353 e. The van der Waals surface area contributed by atoms with Crippen LogP contribution in [0.3, 0.4) is 0 Å². The lowest BCUT2D eigenvalue weighted by atomic mass is 9.93. The number of hydrogen-bond acceptors (Lipinski definition) is 2. The van der Waals surface area contributed by atoms with Gasteiger partial charge in [-0.05, 0) is 12.5 Å². The van der Waals surface area contributed by atoms with Crippen LogP contribution in [-0.4, -0.2) is 11.9 Å². The molecule has 0 bridgehead atoms. The first-order valence-corrected chi connectivity index (χ1v) is 6.04. The average Bonchev–Trinajstić information content (AvgIpc) is 3.14. The largest absolute Gasteiger partial charge is 0.353 e. The fourth-order valence-corrected chi connectivity index (χ4v) is 2.26. The Kier molecular flexibility index (Phi) is 2.53. The Morgan fingerprint density at radius 2 is 1.56 bits per heavy atom. The molecule has 0 spiro atoms. The molecule has 0 aromatic heterocycles. The molecule has 2 nitrogen and oxygen atoms in total. The summed E-state index contributed by atoms with van der Waals surface area (Å²) < 4.78 is 5.66. The summed E-state index contributed by atoms with van der Waals surface area (Å²) in [6, 6.07) is 19.2. The van der Waals surface area contributed by atoms with Crippen LogP contribution in [-0.2, 0) is 10.3 Å². The van der Waals surface area contributed by atoms with E-state index in [4.69, 9.17) is 4.74 Å². The lowest BCUT2D eigenvalue weighted by Crippen LogP contribution is -2.16. The number of carbonyl (C=O) groups is 1. The van der Waals surface area contributed by atoms with Crippen LogP contribution in [0.1, 0.15) is 22.8 Å². The van der Waals surface area contributed by atoms with Crippen molar-refractivity contribution in [1.29, 1.82) is 0 Å². The van der Waals surface area contributed by atoms with E-state index in [2.05, 4.69) is 0 Å². The van der Waals surface area contributed by atoms with Crippen molar-refractivity contribution in [1.82, 2.24) is 0 Å². The first-order chi connectivity index (χ1) is 8.72. The molecule has 2 aromatic rings. The van der Waals surface area contributed by atoms with Gasteiger partial charge in [0.2, 0.25) is 0 Å².